The highest BCUT2D eigenvalue weighted by Gasteiger charge is 2.09. The van der Waals surface area contributed by atoms with Gasteiger partial charge in [-0.15, -0.1) is 0 Å². The molecule has 0 aliphatic heterocycles. The topological polar surface area (TPSA) is 58.4 Å². The molecule has 0 spiro atoms. The first-order chi connectivity index (χ1) is 9.47. The van der Waals surface area contributed by atoms with Gasteiger partial charge < -0.3 is 9.67 Å². The third-order valence-electron chi connectivity index (χ3n) is 3.36. The smallest absolute Gasteiger partial charge is 0.335 e. The molecule has 0 aliphatic carbocycles. The van der Waals surface area contributed by atoms with Gasteiger partial charge in [-0.1, -0.05) is 6.07 Å². The van der Waals surface area contributed by atoms with E-state index in [1.807, 2.05) is 37.8 Å². The summed E-state index contributed by atoms with van der Waals surface area (Å²) in [6, 6.07) is 5.25. The van der Waals surface area contributed by atoms with Gasteiger partial charge in [-0.2, -0.15) is 0 Å². The van der Waals surface area contributed by atoms with Gasteiger partial charge in [-0.25, -0.2) is 9.78 Å². The molecule has 5 nitrogen and oxygen atoms in total. The zero-order chi connectivity index (χ0) is 14.7. The van der Waals surface area contributed by atoms with Crippen LogP contribution in [0.15, 0.2) is 30.6 Å². The van der Waals surface area contributed by atoms with Gasteiger partial charge in [0.2, 0.25) is 0 Å². The lowest BCUT2D eigenvalue weighted by molar-refractivity contribution is 0.0696. The van der Waals surface area contributed by atoms with Crippen LogP contribution in [0.5, 0.6) is 0 Å². The van der Waals surface area contributed by atoms with Crippen molar-refractivity contribution in [2.75, 3.05) is 7.05 Å². The van der Waals surface area contributed by atoms with Crippen LogP contribution in [0, 0.1) is 6.92 Å². The van der Waals surface area contributed by atoms with E-state index < -0.39 is 5.97 Å². The van der Waals surface area contributed by atoms with E-state index in [0.717, 1.165) is 30.0 Å². The predicted molar refractivity (Wildman–Crippen MR) is 76.5 cm³/mol. The van der Waals surface area contributed by atoms with Crippen LogP contribution in [-0.4, -0.2) is 32.6 Å². The zero-order valence-electron chi connectivity index (χ0n) is 12.0. The van der Waals surface area contributed by atoms with E-state index >= 15 is 0 Å². The van der Waals surface area contributed by atoms with Gasteiger partial charge in [0.05, 0.1) is 12.1 Å². The van der Waals surface area contributed by atoms with E-state index in [4.69, 9.17) is 5.11 Å². The van der Waals surface area contributed by atoms with E-state index in [9.17, 15) is 4.79 Å². The summed E-state index contributed by atoms with van der Waals surface area (Å²) in [5.41, 5.74) is 2.46. The fourth-order valence-corrected chi connectivity index (χ4v) is 2.14. The number of carbonyl (C=O) groups is 1. The highest BCUT2D eigenvalue weighted by atomic mass is 16.4. The molecule has 0 unspecified atom stereocenters. The second-order valence-electron chi connectivity index (χ2n) is 5.07. The Bertz CT molecular complexity index is 619. The Labute approximate surface area is 118 Å². The van der Waals surface area contributed by atoms with Crippen LogP contribution in [0.2, 0.25) is 0 Å². The van der Waals surface area contributed by atoms with Crippen molar-refractivity contribution in [1.29, 1.82) is 0 Å². The van der Waals surface area contributed by atoms with Crippen molar-refractivity contribution in [2.24, 2.45) is 7.05 Å². The molecule has 0 fully saturated rings. The lowest BCUT2D eigenvalue weighted by Crippen LogP contribution is -2.20. The number of aromatic nitrogens is 2. The van der Waals surface area contributed by atoms with Crippen LogP contribution in [0.25, 0.3) is 0 Å². The van der Waals surface area contributed by atoms with Crippen LogP contribution >= 0.6 is 0 Å². The molecule has 0 amide bonds. The average molecular weight is 273 g/mol. The molecule has 1 heterocycles. The number of carboxylic acid groups (broad SMARTS) is 1. The molecule has 0 aliphatic rings. The standard InChI is InChI=1S/C15H19N3O2/c1-11-8-12(15(19)20)4-5-13(11)9-17(2)10-14-16-6-7-18(14)3/h4-8H,9-10H2,1-3H3,(H,19,20). The molecular weight excluding hydrogens is 254 g/mol. The van der Waals surface area contributed by atoms with Crippen LogP contribution < -0.4 is 0 Å². The van der Waals surface area contributed by atoms with E-state index in [2.05, 4.69) is 9.88 Å². The Balaban J connectivity index is 2.06. The first kappa shape index (κ1) is 14.3. The molecule has 0 saturated carbocycles. The fraction of sp³-hybridized carbons (Fsp3) is 0.333. The van der Waals surface area contributed by atoms with Gasteiger partial charge in [0, 0.05) is 26.0 Å². The Hall–Kier alpha value is -2.14. The number of aryl methyl sites for hydroxylation is 2. The second-order valence-corrected chi connectivity index (χ2v) is 5.07. The number of carboxylic acids is 1. The minimum absolute atomic E-state index is 0.331. The number of nitrogens with zero attached hydrogens (tertiary/aromatic N) is 3. The summed E-state index contributed by atoms with van der Waals surface area (Å²) in [6.07, 6.45) is 3.71. The van der Waals surface area contributed by atoms with Crippen molar-refractivity contribution in [2.45, 2.75) is 20.0 Å². The maximum atomic E-state index is 10.9. The first-order valence-electron chi connectivity index (χ1n) is 6.45. The van der Waals surface area contributed by atoms with Crippen LogP contribution in [0.1, 0.15) is 27.3 Å². The Morgan fingerprint density at radius 3 is 2.70 bits per heavy atom. The second kappa shape index (κ2) is 5.88. The van der Waals surface area contributed by atoms with Gasteiger partial charge in [0.15, 0.2) is 0 Å². The minimum atomic E-state index is -0.888. The predicted octanol–water partition coefficient (Wildman–Crippen LogP) is 2.06. The third kappa shape index (κ3) is 3.24. The third-order valence-corrected chi connectivity index (χ3v) is 3.36. The molecule has 0 bridgehead atoms. The summed E-state index contributed by atoms with van der Waals surface area (Å²) in [5.74, 6) is 0.119. The Morgan fingerprint density at radius 1 is 1.40 bits per heavy atom. The van der Waals surface area contributed by atoms with E-state index in [0.29, 0.717) is 5.56 Å². The number of hydrogen-bond donors (Lipinski definition) is 1. The van der Waals surface area contributed by atoms with E-state index in [1.54, 1.807) is 18.3 Å². The molecule has 20 heavy (non-hydrogen) atoms. The summed E-state index contributed by atoms with van der Waals surface area (Å²) in [7, 11) is 4.00. The molecule has 2 aromatic rings. The van der Waals surface area contributed by atoms with Gasteiger partial charge in [-0.05, 0) is 37.2 Å². The summed E-state index contributed by atoms with van der Waals surface area (Å²) in [4.78, 5) is 17.4. The minimum Gasteiger partial charge on any atom is -0.478 e. The van der Waals surface area contributed by atoms with Crippen molar-refractivity contribution < 1.29 is 9.90 Å². The van der Waals surface area contributed by atoms with Gasteiger partial charge in [0.1, 0.15) is 5.82 Å². The number of aromatic carboxylic acids is 1. The summed E-state index contributed by atoms with van der Waals surface area (Å²) < 4.78 is 2.00. The molecule has 1 aromatic carbocycles. The van der Waals surface area contributed by atoms with Gasteiger partial charge in [0.25, 0.3) is 0 Å². The van der Waals surface area contributed by atoms with Crippen LogP contribution in [0.3, 0.4) is 0 Å². The Morgan fingerprint density at radius 2 is 2.15 bits per heavy atom. The largest absolute Gasteiger partial charge is 0.478 e. The van der Waals surface area contributed by atoms with Crippen molar-refractivity contribution in [3.8, 4) is 0 Å². The first-order valence-corrected chi connectivity index (χ1v) is 6.45. The normalized spacial score (nSPS) is 11.0. The molecule has 0 saturated heterocycles. The number of imidazole rings is 1. The maximum absolute atomic E-state index is 10.9. The summed E-state index contributed by atoms with van der Waals surface area (Å²) in [6.45, 7) is 3.46. The maximum Gasteiger partial charge on any atom is 0.335 e. The molecule has 1 N–H and O–H groups in total. The number of benzene rings is 1. The number of rotatable bonds is 5. The summed E-state index contributed by atoms with van der Waals surface area (Å²) >= 11 is 0. The van der Waals surface area contributed by atoms with Gasteiger partial charge in [-0.3, -0.25) is 4.90 Å². The molecule has 0 atom stereocenters. The van der Waals surface area contributed by atoms with Crippen molar-refractivity contribution in [3.05, 3.63) is 53.1 Å². The molecule has 106 valence electrons. The number of hydrogen-bond acceptors (Lipinski definition) is 3. The van der Waals surface area contributed by atoms with Crippen LogP contribution in [0.4, 0.5) is 0 Å². The Kier molecular flexibility index (Phi) is 4.20. The highest BCUT2D eigenvalue weighted by molar-refractivity contribution is 5.87. The average Bonchev–Trinajstić information content (AvgIpc) is 2.77. The lowest BCUT2D eigenvalue weighted by atomic mass is 10.0. The zero-order valence-corrected chi connectivity index (χ0v) is 12.0. The van der Waals surface area contributed by atoms with E-state index in [-0.39, 0.29) is 0 Å². The van der Waals surface area contributed by atoms with Crippen molar-refractivity contribution in [1.82, 2.24) is 14.5 Å². The van der Waals surface area contributed by atoms with Crippen molar-refractivity contribution >= 4 is 5.97 Å². The van der Waals surface area contributed by atoms with Gasteiger partial charge >= 0.3 is 5.97 Å². The molecule has 2 rings (SSSR count). The molecule has 0 radical (unpaired) electrons. The quantitative estimate of drug-likeness (QED) is 0.906. The fourth-order valence-electron chi connectivity index (χ4n) is 2.14. The lowest BCUT2D eigenvalue weighted by Gasteiger charge is -2.18. The SMILES string of the molecule is Cc1cc(C(=O)O)ccc1CN(C)Cc1nccn1C. The molecular formula is C15H19N3O2. The highest BCUT2D eigenvalue weighted by Crippen LogP contribution is 2.14. The van der Waals surface area contributed by atoms with E-state index in [1.165, 1.54) is 0 Å². The van der Waals surface area contributed by atoms with Crippen molar-refractivity contribution in [3.63, 3.8) is 0 Å². The van der Waals surface area contributed by atoms with Crippen LogP contribution in [-0.2, 0) is 20.1 Å². The monoisotopic (exact) mass is 273 g/mol. The molecule has 5 heteroatoms. The summed E-state index contributed by atoms with van der Waals surface area (Å²) in [5, 5.41) is 8.96. The molecule has 1 aromatic heterocycles.